The standard InChI is InChI=1S/C33H32N2O7S/c1-5-16-41-22-11-8-20(9-12-22)30(36)28-29(21-10-15-25(42-17-6-2)26(18-21)40-7-3)35(32(38)31(28)37)33-34-24-14-13-23(39-4)19-27(24)43-33/h6,8-15,18-19,29,36H,2,5,7,16-17H2,1,3-4H3/b30-28+. The van der Waals surface area contributed by atoms with Crippen molar-refractivity contribution in [1.29, 1.82) is 0 Å². The number of hydrogen-bond acceptors (Lipinski definition) is 9. The number of fused-ring (bicyclic) bond motifs is 1. The predicted octanol–water partition coefficient (Wildman–Crippen LogP) is 6.68. The second-order valence-corrected chi connectivity index (χ2v) is 10.6. The lowest BCUT2D eigenvalue weighted by atomic mass is 9.95. The second-order valence-electron chi connectivity index (χ2n) is 9.61. The number of nitrogens with zero attached hydrogens (tertiary/aromatic N) is 2. The van der Waals surface area contributed by atoms with Crippen molar-refractivity contribution in [3.05, 3.63) is 90.0 Å². The summed E-state index contributed by atoms with van der Waals surface area (Å²) in [5.41, 5.74) is 1.49. The molecule has 0 bridgehead atoms. The van der Waals surface area contributed by atoms with E-state index in [2.05, 4.69) is 11.6 Å². The molecule has 43 heavy (non-hydrogen) atoms. The number of aliphatic hydroxyl groups is 1. The molecule has 0 saturated carbocycles. The zero-order valence-electron chi connectivity index (χ0n) is 24.2. The molecule has 222 valence electrons. The van der Waals surface area contributed by atoms with Gasteiger partial charge in [-0.25, -0.2) is 4.98 Å². The van der Waals surface area contributed by atoms with E-state index < -0.39 is 17.7 Å². The molecule has 0 radical (unpaired) electrons. The molecule has 1 saturated heterocycles. The van der Waals surface area contributed by atoms with Gasteiger partial charge in [0.15, 0.2) is 16.6 Å². The first-order chi connectivity index (χ1) is 20.9. The highest BCUT2D eigenvalue weighted by molar-refractivity contribution is 7.22. The van der Waals surface area contributed by atoms with E-state index >= 15 is 0 Å². The number of Topliss-reactive ketones (excluding diaryl/α,β-unsaturated/α-hetero) is 1. The highest BCUT2D eigenvalue weighted by Gasteiger charge is 2.48. The van der Waals surface area contributed by atoms with Crippen LogP contribution < -0.4 is 23.8 Å². The molecule has 1 aliphatic rings. The molecule has 1 aliphatic heterocycles. The topological polar surface area (TPSA) is 107 Å². The maximum atomic E-state index is 13.7. The first kappa shape index (κ1) is 29.7. The summed E-state index contributed by atoms with van der Waals surface area (Å²) in [5.74, 6) is 0.263. The summed E-state index contributed by atoms with van der Waals surface area (Å²) in [6, 6.07) is 16.3. The van der Waals surface area contributed by atoms with Gasteiger partial charge in [0, 0.05) is 5.56 Å². The lowest BCUT2D eigenvalue weighted by Crippen LogP contribution is -2.29. The molecule has 10 heteroatoms. The zero-order chi connectivity index (χ0) is 30.5. The molecule has 1 atom stereocenters. The molecular formula is C33H32N2O7S. The average molecular weight is 601 g/mol. The Kier molecular flexibility index (Phi) is 8.96. The maximum Gasteiger partial charge on any atom is 0.301 e. The van der Waals surface area contributed by atoms with E-state index in [9.17, 15) is 14.7 Å². The maximum absolute atomic E-state index is 13.7. The van der Waals surface area contributed by atoms with Crippen molar-refractivity contribution in [1.82, 2.24) is 4.98 Å². The number of amides is 1. The summed E-state index contributed by atoms with van der Waals surface area (Å²) >= 11 is 1.25. The van der Waals surface area contributed by atoms with Gasteiger partial charge < -0.3 is 24.1 Å². The van der Waals surface area contributed by atoms with E-state index in [1.807, 2.05) is 19.9 Å². The zero-order valence-corrected chi connectivity index (χ0v) is 25.0. The Morgan fingerprint density at radius 3 is 2.47 bits per heavy atom. The summed E-state index contributed by atoms with van der Waals surface area (Å²) in [4.78, 5) is 33.4. The number of carbonyl (C=O) groups excluding carboxylic acids is 2. The minimum atomic E-state index is -0.994. The third-order valence-corrected chi connectivity index (χ3v) is 7.79. The van der Waals surface area contributed by atoms with E-state index in [4.69, 9.17) is 18.9 Å². The van der Waals surface area contributed by atoms with Gasteiger partial charge in [0.25, 0.3) is 5.78 Å². The highest BCUT2D eigenvalue weighted by Crippen LogP contribution is 2.46. The van der Waals surface area contributed by atoms with E-state index in [1.54, 1.807) is 67.8 Å². The molecule has 1 N–H and O–H groups in total. The van der Waals surface area contributed by atoms with E-state index in [1.165, 1.54) is 16.2 Å². The van der Waals surface area contributed by atoms with Crippen molar-refractivity contribution in [2.24, 2.45) is 0 Å². The van der Waals surface area contributed by atoms with Crippen LogP contribution in [-0.2, 0) is 9.59 Å². The Morgan fingerprint density at radius 2 is 1.77 bits per heavy atom. The molecule has 1 amide bonds. The molecule has 9 nitrogen and oxygen atoms in total. The number of aromatic nitrogens is 1. The Hall–Kier alpha value is -4.83. The van der Waals surface area contributed by atoms with E-state index in [0.29, 0.717) is 58.0 Å². The lowest BCUT2D eigenvalue weighted by molar-refractivity contribution is -0.132. The largest absolute Gasteiger partial charge is 0.507 e. The SMILES string of the molecule is C=CCOc1ccc(C2/C(=C(\O)c3ccc(OCCC)cc3)C(=O)C(=O)N2c2nc3ccc(OC)cc3s2)cc1OCC. The first-order valence-corrected chi connectivity index (χ1v) is 14.7. The van der Waals surface area contributed by atoms with Gasteiger partial charge in [0.05, 0.1) is 42.2 Å². The minimum Gasteiger partial charge on any atom is -0.507 e. The van der Waals surface area contributed by atoms with Crippen LogP contribution in [0.15, 0.2) is 78.9 Å². The van der Waals surface area contributed by atoms with Crippen molar-refractivity contribution in [2.75, 3.05) is 31.8 Å². The normalized spacial score (nSPS) is 16.0. The molecule has 1 aromatic heterocycles. The van der Waals surface area contributed by atoms with Crippen LogP contribution in [-0.4, -0.2) is 48.7 Å². The van der Waals surface area contributed by atoms with Crippen LogP contribution in [0.3, 0.4) is 0 Å². The number of ketones is 1. The number of carbonyl (C=O) groups is 2. The predicted molar refractivity (Wildman–Crippen MR) is 166 cm³/mol. The fourth-order valence-electron chi connectivity index (χ4n) is 4.78. The van der Waals surface area contributed by atoms with Gasteiger partial charge >= 0.3 is 5.91 Å². The fraction of sp³-hybridized carbons (Fsp3) is 0.242. The van der Waals surface area contributed by atoms with E-state index in [-0.39, 0.29) is 17.9 Å². The molecule has 2 heterocycles. The van der Waals surface area contributed by atoms with Crippen molar-refractivity contribution in [3.63, 3.8) is 0 Å². The van der Waals surface area contributed by atoms with Gasteiger partial charge in [-0.15, -0.1) is 0 Å². The Morgan fingerprint density at radius 1 is 1.00 bits per heavy atom. The number of methoxy groups -OCH3 is 1. The molecule has 1 unspecified atom stereocenters. The highest BCUT2D eigenvalue weighted by atomic mass is 32.1. The van der Waals surface area contributed by atoms with Gasteiger partial charge in [-0.2, -0.15) is 0 Å². The summed E-state index contributed by atoms with van der Waals surface area (Å²) in [5, 5.41) is 11.9. The summed E-state index contributed by atoms with van der Waals surface area (Å²) in [6.07, 6.45) is 2.48. The number of aliphatic hydroxyl groups excluding tert-OH is 1. The first-order valence-electron chi connectivity index (χ1n) is 13.9. The van der Waals surface area contributed by atoms with Gasteiger partial charge in [-0.3, -0.25) is 14.5 Å². The smallest absolute Gasteiger partial charge is 0.301 e. The Balaban J connectivity index is 1.67. The molecular weight excluding hydrogens is 568 g/mol. The molecule has 3 aromatic carbocycles. The Bertz CT molecular complexity index is 1690. The second kappa shape index (κ2) is 13.0. The summed E-state index contributed by atoms with van der Waals surface area (Å²) in [7, 11) is 1.57. The third kappa shape index (κ3) is 5.91. The quantitative estimate of drug-likeness (QED) is 0.0830. The third-order valence-electron chi connectivity index (χ3n) is 6.78. The Labute approximate surface area is 253 Å². The molecule has 4 aromatic rings. The molecule has 1 fully saturated rings. The van der Waals surface area contributed by atoms with Crippen LogP contribution in [0.2, 0.25) is 0 Å². The van der Waals surface area contributed by atoms with Crippen LogP contribution in [0, 0.1) is 0 Å². The van der Waals surface area contributed by atoms with Crippen LogP contribution in [0.4, 0.5) is 5.13 Å². The van der Waals surface area contributed by atoms with Gasteiger partial charge in [-0.1, -0.05) is 37.0 Å². The number of anilines is 1. The van der Waals surface area contributed by atoms with Crippen molar-refractivity contribution in [2.45, 2.75) is 26.3 Å². The van der Waals surface area contributed by atoms with Crippen molar-refractivity contribution < 1.29 is 33.6 Å². The fourth-order valence-corrected chi connectivity index (χ4v) is 5.80. The minimum absolute atomic E-state index is 0.0636. The van der Waals surface area contributed by atoms with Gasteiger partial charge in [-0.05, 0) is 73.5 Å². The van der Waals surface area contributed by atoms with Crippen LogP contribution in [0.25, 0.3) is 16.0 Å². The van der Waals surface area contributed by atoms with Crippen LogP contribution in [0.1, 0.15) is 37.4 Å². The number of ether oxygens (including phenoxy) is 4. The monoisotopic (exact) mass is 600 g/mol. The summed E-state index contributed by atoms with van der Waals surface area (Å²) in [6.45, 7) is 8.74. The number of hydrogen-bond donors (Lipinski definition) is 1. The molecule has 0 aliphatic carbocycles. The number of rotatable bonds is 12. The van der Waals surface area contributed by atoms with E-state index in [0.717, 1.165) is 11.1 Å². The van der Waals surface area contributed by atoms with Crippen molar-refractivity contribution >= 4 is 44.1 Å². The lowest BCUT2D eigenvalue weighted by Gasteiger charge is -2.24. The van der Waals surface area contributed by atoms with Crippen LogP contribution in [0.5, 0.6) is 23.0 Å². The average Bonchev–Trinajstić information content (AvgIpc) is 3.56. The number of thiazole rings is 1. The van der Waals surface area contributed by atoms with Gasteiger partial charge in [0.1, 0.15) is 23.9 Å². The van der Waals surface area contributed by atoms with Crippen LogP contribution >= 0.6 is 11.3 Å². The van der Waals surface area contributed by atoms with Crippen molar-refractivity contribution in [3.8, 4) is 23.0 Å². The summed E-state index contributed by atoms with van der Waals surface area (Å²) < 4.78 is 23.4. The van der Waals surface area contributed by atoms with Gasteiger partial charge in [0.2, 0.25) is 0 Å². The molecule has 0 spiro atoms. The number of benzene rings is 3. The molecule has 5 rings (SSSR count).